The molecule has 1 aromatic rings. The highest BCUT2D eigenvalue weighted by atomic mass is 16.3. The largest absolute Gasteiger partial charge is 0.508 e. The van der Waals surface area contributed by atoms with Gasteiger partial charge in [-0.3, -0.25) is 4.90 Å². The molecule has 16 heavy (non-hydrogen) atoms. The zero-order chi connectivity index (χ0) is 11.6. The van der Waals surface area contributed by atoms with Gasteiger partial charge in [0, 0.05) is 31.7 Å². The van der Waals surface area contributed by atoms with Gasteiger partial charge in [-0.2, -0.15) is 0 Å². The molecule has 3 nitrogen and oxygen atoms in total. The van der Waals surface area contributed by atoms with Crippen molar-refractivity contribution in [2.24, 2.45) is 0 Å². The first-order chi connectivity index (χ1) is 7.55. The second kappa shape index (κ2) is 4.44. The summed E-state index contributed by atoms with van der Waals surface area (Å²) >= 11 is 0. The molecule has 0 aromatic heterocycles. The predicted molar refractivity (Wildman–Crippen MR) is 65.5 cm³/mol. The van der Waals surface area contributed by atoms with Crippen molar-refractivity contribution < 1.29 is 5.11 Å². The van der Waals surface area contributed by atoms with Crippen molar-refractivity contribution in [2.75, 3.05) is 19.6 Å². The zero-order valence-corrected chi connectivity index (χ0v) is 10.0. The molecule has 2 rings (SSSR count). The van der Waals surface area contributed by atoms with E-state index in [4.69, 9.17) is 0 Å². The van der Waals surface area contributed by atoms with Crippen LogP contribution in [0.5, 0.6) is 5.75 Å². The van der Waals surface area contributed by atoms with E-state index in [2.05, 4.69) is 24.1 Å². The molecule has 1 fully saturated rings. The van der Waals surface area contributed by atoms with Crippen LogP contribution in [0.1, 0.15) is 19.4 Å². The first-order valence-corrected chi connectivity index (χ1v) is 5.80. The van der Waals surface area contributed by atoms with Gasteiger partial charge in [-0.1, -0.05) is 12.1 Å². The molecule has 0 amide bonds. The van der Waals surface area contributed by atoms with Gasteiger partial charge >= 0.3 is 0 Å². The van der Waals surface area contributed by atoms with Crippen LogP contribution in [0.15, 0.2) is 24.3 Å². The molecular formula is C13H20N2O. The van der Waals surface area contributed by atoms with Gasteiger partial charge in [0.05, 0.1) is 0 Å². The van der Waals surface area contributed by atoms with Gasteiger partial charge in [0.25, 0.3) is 0 Å². The summed E-state index contributed by atoms with van der Waals surface area (Å²) in [7, 11) is 0. The van der Waals surface area contributed by atoms with Crippen LogP contribution in [0, 0.1) is 0 Å². The third-order valence-electron chi connectivity index (χ3n) is 2.99. The number of phenols is 1. The Bertz CT molecular complexity index is 345. The summed E-state index contributed by atoms with van der Waals surface area (Å²) in [5.74, 6) is 0.337. The number of benzene rings is 1. The normalized spacial score (nSPS) is 20.9. The number of nitrogens with zero attached hydrogens (tertiary/aromatic N) is 1. The summed E-state index contributed by atoms with van der Waals surface area (Å²) in [4.78, 5) is 2.45. The standard InChI is InChI=1S/C13H20N2O/c1-13(2)10-15(8-7-14-13)9-11-3-5-12(16)6-4-11/h3-6,14,16H,7-10H2,1-2H3. The molecule has 0 saturated carbocycles. The third kappa shape index (κ3) is 2.97. The smallest absolute Gasteiger partial charge is 0.115 e. The Morgan fingerprint density at radius 1 is 1.31 bits per heavy atom. The topological polar surface area (TPSA) is 35.5 Å². The van der Waals surface area contributed by atoms with Crippen LogP contribution in [0.25, 0.3) is 0 Å². The minimum absolute atomic E-state index is 0.204. The predicted octanol–water partition coefficient (Wildman–Crippen LogP) is 1.58. The maximum absolute atomic E-state index is 9.22. The molecule has 2 N–H and O–H groups in total. The van der Waals surface area contributed by atoms with Crippen LogP contribution in [-0.2, 0) is 6.54 Å². The Labute approximate surface area is 97.1 Å². The summed E-state index contributed by atoms with van der Waals surface area (Å²) in [6.45, 7) is 8.63. The first kappa shape index (κ1) is 11.4. The van der Waals surface area contributed by atoms with E-state index in [1.54, 1.807) is 12.1 Å². The van der Waals surface area contributed by atoms with Crippen LogP contribution in [0.2, 0.25) is 0 Å². The molecule has 0 spiro atoms. The highest BCUT2D eigenvalue weighted by Gasteiger charge is 2.25. The number of phenolic OH excluding ortho intramolecular Hbond substituents is 1. The number of aromatic hydroxyl groups is 1. The van der Waals surface area contributed by atoms with Gasteiger partial charge in [-0.15, -0.1) is 0 Å². The van der Waals surface area contributed by atoms with Crippen molar-refractivity contribution in [3.63, 3.8) is 0 Å². The van der Waals surface area contributed by atoms with Crippen LogP contribution in [0.3, 0.4) is 0 Å². The minimum Gasteiger partial charge on any atom is -0.508 e. The molecule has 1 aliphatic rings. The fourth-order valence-corrected chi connectivity index (χ4v) is 2.24. The third-order valence-corrected chi connectivity index (χ3v) is 2.99. The van der Waals surface area contributed by atoms with Gasteiger partial charge in [0.15, 0.2) is 0 Å². The average molecular weight is 220 g/mol. The number of hydrogen-bond donors (Lipinski definition) is 2. The van der Waals surface area contributed by atoms with Gasteiger partial charge < -0.3 is 10.4 Å². The molecular weight excluding hydrogens is 200 g/mol. The van der Waals surface area contributed by atoms with Crippen molar-refractivity contribution >= 4 is 0 Å². The number of hydrogen-bond acceptors (Lipinski definition) is 3. The average Bonchev–Trinajstić information content (AvgIpc) is 2.20. The molecule has 88 valence electrons. The Morgan fingerprint density at radius 2 is 2.00 bits per heavy atom. The summed E-state index contributed by atoms with van der Waals surface area (Å²) in [6, 6.07) is 7.49. The van der Waals surface area contributed by atoms with Crippen LogP contribution >= 0.6 is 0 Å². The highest BCUT2D eigenvalue weighted by molar-refractivity contribution is 5.25. The van der Waals surface area contributed by atoms with Gasteiger partial charge in [0.2, 0.25) is 0 Å². The lowest BCUT2D eigenvalue weighted by atomic mass is 10.0. The molecule has 1 aliphatic heterocycles. The molecule has 0 unspecified atom stereocenters. The Kier molecular flexibility index (Phi) is 3.17. The highest BCUT2D eigenvalue weighted by Crippen LogP contribution is 2.15. The van der Waals surface area contributed by atoms with Crippen LogP contribution in [-0.4, -0.2) is 35.2 Å². The quantitative estimate of drug-likeness (QED) is 0.794. The maximum Gasteiger partial charge on any atom is 0.115 e. The first-order valence-electron chi connectivity index (χ1n) is 5.80. The van der Waals surface area contributed by atoms with Crippen LogP contribution in [0.4, 0.5) is 0 Å². The van der Waals surface area contributed by atoms with Gasteiger partial charge in [-0.05, 0) is 31.5 Å². The monoisotopic (exact) mass is 220 g/mol. The van der Waals surface area contributed by atoms with Crippen molar-refractivity contribution in [3.05, 3.63) is 29.8 Å². The summed E-state index contributed by atoms with van der Waals surface area (Å²) in [5.41, 5.74) is 1.46. The second-order valence-electron chi connectivity index (χ2n) is 5.19. The Balaban J connectivity index is 1.97. The molecule has 1 heterocycles. The Morgan fingerprint density at radius 3 is 2.62 bits per heavy atom. The summed E-state index contributed by atoms with van der Waals surface area (Å²) in [5, 5.41) is 12.7. The van der Waals surface area contributed by atoms with E-state index in [0.717, 1.165) is 26.2 Å². The van der Waals surface area contributed by atoms with E-state index < -0.39 is 0 Å². The van der Waals surface area contributed by atoms with Gasteiger partial charge in [-0.25, -0.2) is 0 Å². The van der Waals surface area contributed by atoms with E-state index in [0.29, 0.717) is 5.75 Å². The number of rotatable bonds is 2. The SMILES string of the molecule is CC1(C)CN(Cc2ccc(O)cc2)CCN1. The number of nitrogens with one attached hydrogen (secondary N) is 1. The molecule has 1 saturated heterocycles. The van der Waals surface area contributed by atoms with E-state index >= 15 is 0 Å². The fourth-order valence-electron chi connectivity index (χ4n) is 2.24. The molecule has 3 heteroatoms. The zero-order valence-electron chi connectivity index (χ0n) is 10.0. The summed E-state index contributed by atoms with van der Waals surface area (Å²) in [6.07, 6.45) is 0. The van der Waals surface area contributed by atoms with Crippen molar-refractivity contribution in [1.82, 2.24) is 10.2 Å². The summed E-state index contributed by atoms with van der Waals surface area (Å²) < 4.78 is 0. The number of piperazine rings is 1. The van der Waals surface area contributed by atoms with Crippen LogP contribution < -0.4 is 5.32 Å². The molecule has 0 aliphatic carbocycles. The maximum atomic E-state index is 9.22. The van der Waals surface area contributed by atoms with Crippen molar-refractivity contribution in [3.8, 4) is 5.75 Å². The van der Waals surface area contributed by atoms with E-state index in [1.165, 1.54) is 5.56 Å². The molecule has 0 atom stereocenters. The van der Waals surface area contributed by atoms with Gasteiger partial charge in [0.1, 0.15) is 5.75 Å². The molecule has 1 aromatic carbocycles. The lowest BCUT2D eigenvalue weighted by molar-refractivity contribution is 0.148. The Hall–Kier alpha value is -1.06. The minimum atomic E-state index is 0.204. The van der Waals surface area contributed by atoms with Crippen molar-refractivity contribution in [1.29, 1.82) is 0 Å². The lowest BCUT2D eigenvalue weighted by Gasteiger charge is -2.39. The van der Waals surface area contributed by atoms with E-state index in [1.807, 2.05) is 12.1 Å². The van der Waals surface area contributed by atoms with E-state index in [9.17, 15) is 5.11 Å². The molecule has 0 radical (unpaired) electrons. The fraction of sp³-hybridized carbons (Fsp3) is 0.538. The lowest BCUT2D eigenvalue weighted by Crippen LogP contribution is -2.56. The van der Waals surface area contributed by atoms with E-state index in [-0.39, 0.29) is 5.54 Å². The second-order valence-corrected chi connectivity index (χ2v) is 5.19. The molecule has 0 bridgehead atoms. The van der Waals surface area contributed by atoms with Crippen molar-refractivity contribution in [2.45, 2.75) is 25.9 Å².